The van der Waals surface area contributed by atoms with E-state index in [9.17, 15) is 22.8 Å². The Morgan fingerprint density at radius 3 is 2.41 bits per heavy atom. The number of halogens is 3. The number of carbonyl (C=O) groups excluding carboxylic acids is 2. The predicted molar refractivity (Wildman–Crippen MR) is 127 cm³/mol. The first-order chi connectivity index (χ1) is 17.7. The highest BCUT2D eigenvalue weighted by atomic mass is 19.4. The summed E-state index contributed by atoms with van der Waals surface area (Å²) >= 11 is 0. The number of piperazine rings is 1. The van der Waals surface area contributed by atoms with Gasteiger partial charge in [0.15, 0.2) is 11.5 Å². The van der Waals surface area contributed by atoms with Crippen molar-refractivity contribution in [1.82, 2.24) is 30.0 Å². The lowest BCUT2D eigenvalue weighted by molar-refractivity contribution is -0.274. The number of nitrogens with zero attached hydrogens (tertiary/aromatic N) is 6. The molecule has 0 bridgehead atoms. The number of anilines is 1. The van der Waals surface area contributed by atoms with Crippen LogP contribution in [0.25, 0.3) is 11.3 Å². The Bertz CT molecular complexity index is 1230. The molecule has 0 saturated carbocycles. The summed E-state index contributed by atoms with van der Waals surface area (Å²) in [6, 6.07) is 6.68. The van der Waals surface area contributed by atoms with Gasteiger partial charge >= 0.3 is 6.36 Å². The molecule has 1 amide bonds. The molecule has 10 nitrogen and oxygen atoms in total. The molecular weight excluding hydrogens is 491 g/mol. The first-order valence-electron chi connectivity index (χ1n) is 11.4. The average Bonchev–Trinajstić information content (AvgIpc) is 2.86. The number of amides is 1. The normalized spacial score (nSPS) is 14.8. The molecule has 0 radical (unpaired) electrons. The third kappa shape index (κ3) is 7.51. The van der Waals surface area contributed by atoms with Gasteiger partial charge in [-0.3, -0.25) is 14.5 Å². The van der Waals surface area contributed by atoms with Crippen LogP contribution in [0.1, 0.15) is 16.1 Å². The lowest BCUT2D eigenvalue weighted by Crippen LogP contribution is -2.47. The molecule has 1 fully saturated rings. The largest absolute Gasteiger partial charge is 0.573 e. The lowest BCUT2D eigenvalue weighted by Gasteiger charge is -2.31. The molecule has 4 rings (SSSR count). The third-order valence-corrected chi connectivity index (χ3v) is 5.68. The van der Waals surface area contributed by atoms with Gasteiger partial charge in [-0.1, -0.05) is 0 Å². The summed E-state index contributed by atoms with van der Waals surface area (Å²) in [6.07, 6.45) is -0.577. The van der Waals surface area contributed by atoms with E-state index in [0.29, 0.717) is 30.0 Å². The maximum Gasteiger partial charge on any atom is 0.573 e. The zero-order valence-electron chi connectivity index (χ0n) is 19.9. The summed E-state index contributed by atoms with van der Waals surface area (Å²) in [7, 11) is 1.97. The topological polar surface area (TPSA) is 113 Å². The number of likely N-dealkylation sites (N-methyl/N-ethyl adjacent to an activating group) is 1. The van der Waals surface area contributed by atoms with Crippen LogP contribution in [0.3, 0.4) is 0 Å². The molecule has 2 aromatic heterocycles. The van der Waals surface area contributed by atoms with Gasteiger partial charge < -0.3 is 15.0 Å². The number of rotatable bonds is 8. The third-order valence-electron chi connectivity index (χ3n) is 5.68. The van der Waals surface area contributed by atoms with Crippen molar-refractivity contribution in [2.45, 2.75) is 12.8 Å². The van der Waals surface area contributed by atoms with Gasteiger partial charge in [0.2, 0.25) is 5.91 Å². The minimum absolute atomic E-state index is 0.00582. The van der Waals surface area contributed by atoms with E-state index in [0.717, 1.165) is 19.2 Å². The van der Waals surface area contributed by atoms with Crippen molar-refractivity contribution < 1.29 is 27.5 Å². The minimum Gasteiger partial charge on any atom is -0.404 e. The molecule has 0 spiro atoms. The van der Waals surface area contributed by atoms with Crippen molar-refractivity contribution in [3.63, 3.8) is 0 Å². The summed E-state index contributed by atoms with van der Waals surface area (Å²) in [5, 5.41) is 10.6. The Morgan fingerprint density at radius 2 is 1.76 bits per heavy atom. The zero-order valence-corrected chi connectivity index (χ0v) is 19.9. The molecule has 3 heterocycles. The molecule has 1 aliphatic rings. The number of hydrogen-bond acceptors (Lipinski definition) is 9. The number of benzene rings is 1. The number of Topliss-reactive ketones (excluding diaryl/α,β-unsaturated/α-hetero) is 1. The molecule has 1 saturated heterocycles. The Morgan fingerprint density at radius 1 is 1.03 bits per heavy atom. The number of carbonyl (C=O) groups is 2. The van der Waals surface area contributed by atoms with Crippen LogP contribution in [0.15, 0.2) is 49.1 Å². The van der Waals surface area contributed by atoms with Gasteiger partial charge in [-0.25, -0.2) is 9.97 Å². The molecule has 0 atom stereocenters. The molecule has 194 valence electrons. The van der Waals surface area contributed by atoms with Gasteiger partial charge in [0.25, 0.3) is 0 Å². The van der Waals surface area contributed by atoms with E-state index in [1.54, 1.807) is 24.5 Å². The second-order valence-electron chi connectivity index (χ2n) is 8.52. The Kier molecular flexibility index (Phi) is 8.04. The summed E-state index contributed by atoms with van der Waals surface area (Å²) in [5.74, 6) is -1.53. The number of hydrogen-bond donors (Lipinski definition) is 1. The van der Waals surface area contributed by atoms with Crippen molar-refractivity contribution >= 4 is 17.4 Å². The fraction of sp³-hybridized carbons (Fsp3) is 0.333. The number of aromatic nitrogens is 4. The van der Waals surface area contributed by atoms with E-state index in [-0.39, 0.29) is 24.2 Å². The fourth-order valence-electron chi connectivity index (χ4n) is 3.72. The Balaban J connectivity index is 1.47. The molecule has 1 N–H and O–H groups in total. The van der Waals surface area contributed by atoms with Crippen LogP contribution in [0.2, 0.25) is 0 Å². The summed E-state index contributed by atoms with van der Waals surface area (Å²) in [5.41, 5.74) is 1.39. The fourth-order valence-corrected chi connectivity index (χ4v) is 3.72. The molecule has 13 heteroatoms. The number of alkyl halides is 3. The Hall–Kier alpha value is -3.97. The van der Waals surface area contributed by atoms with Crippen LogP contribution in [-0.2, 0) is 11.2 Å². The molecule has 1 aliphatic heterocycles. The SMILES string of the molecule is CN1CCN(CC(=O)Nc2cc(C(=O)Cc3ccc(-c4cncnc4)nn3)ccc2OC(F)(F)F)CC1. The quantitative estimate of drug-likeness (QED) is 0.452. The molecular formula is C24H24F3N7O3. The van der Waals surface area contributed by atoms with E-state index < -0.39 is 23.8 Å². The Labute approximate surface area is 210 Å². The predicted octanol–water partition coefficient (Wildman–Crippen LogP) is 2.44. The minimum atomic E-state index is -4.97. The van der Waals surface area contributed by atoms with Crippen LogP contribution < -0.4 is 10.1 Å². The van der Waals surface area contributed by atoms with Crippen molar-refractivity contribution in [2.75, 3.05) is 45.1 Å². The second-order valence-corrected chi connectivity index (χ2v) is 8.52. The highest BCUT2D eigenvalue weighted by Crippen LogP contribution is 2.31. The standard InChI is InChI=1S/C24H24F3N7O3/c1-33-6-8-34(9-7-33)14-23(36)30-20-10-16(2-5-22(20)37-24(25,26)27)21(35)11-18-3-4-19(32-31-18)17-12-28-15-29-13-17/h2-5,10,12-13,15H,6-9,11,14H2,1H3,(H,30,36). The monoisotopic (exact) mass is 515 g/mol. The number of nitrogens with one attached hydrogen (secondary N) is 1. The molecule has 0 unspecified atom stereocenters. The smallest absolute Gasteiger partial charge is 0.404 e. The van der Waals surface area contributed by atoms with Gasteiger partial charge in [0.05, 0.1) is 30.0 Å². The van der Waals surface area contributed by atoms with Gasteiger partial charge in [-0.15, -0.1) is 13.2 Å². The number of ketones is 1. The van der Waals surface area contributed by atoms with Crippen molar-refractivity contribution in [3.8, 4) is 17.0 Å². The summed E-state index contributed by atoms with van der Waals surface area (Å²) in [4.78, 5) is 37.3. The van der Waals surface area contributed by atoms with Crippen LogP contribution in [-0.4, -0.2) is 87.8 Å². The van der Waals surface area contributed by atoms with Crippen molar-refractivity contribution in [3.05, 3.63) is 60.3 Å². The summed E-state index contributed by atoms with van der Waals surface area (Å²) < 4.78 is 42.9. The summed E-state index contributed by atoms with van der Waals surface area (Å²) in [6.45, 7) is 2.88. The van der Waals surface area contributed by atoms with Gasteiger partial charge in [0, 0.05) is 49.7 Å². The first kappa shape index (κ1) is 26.1. The van der Waals surface area contributed by atoms with E-state index >= 15 is 0 Å². The van der Waals surface area contributed by atoms with Gasteiger partial charge in [-0.05, 0) is 37.4 Å². The number of ether oxygens (including phenoxy) is 1. The van der Waals surface area contributed by atoms with E-state index in [2.05, 4.69) is 35.1 Å². The maximum atomic E-state index is 12.9. The van der Waals surface area contributed by atoms with Gasteiger partial charge in [0.1, 0.15) is 6.33 Å². The molecule has 0 aliphatic carbocycles. The van der Waals surface area contributed by atoms with Gasteiger partial charge in [-0.2, -0.15) is 10.2 Å². The van der Waals surface area contributed by atoms with Crippen molar-refractivity contribution in [1.29, 1.82) is 0 Å². The lowest BCUT2D eigenvalue weighted by atomic mass is 10.0. The first-order valence-corrected chi connectivity index (χ1v) is 11.4. The van der Waals surface area contributed by atoms with Crippen LogP contribution in [0.5, 0.6) is 5.75 Å². The molecule has 37 heavy (non-hydrogen) atoms. The molecule has 1 aromatic carbocycles. The highest BCUT2D eigenvalue weighted by Gasteiger charge is 2.32. The van der Waals surface area contributed by atoms with Crippen LogP contribution in [0.4, 0.5) is 18.9 Å². The maximum absolute atomic E-state index is 12.9. The molecule has 3 aromatic rings. The second kappa shape index (κ2) is 11.4. The average molecular weight is 515 g/mol. The highest BCUT2D eigenvalue weighted by molar-refractivity contribution is 6.00. The zero-order chi connectivity index (χ0) is 26.4. The van der Waals surface area contributed by atoms with Crippen LogP contribution in [0, 0.1) is 0 Å². The van der Waals surface area contributed by atoms with Crippen LogP contribution >= 0.6 is 0 Å². The van der Waals surface area contributed by atoms with E-state index in [4.69, 9.17) is 0 Å². The van der Waals surface area contributed by atoms with Crippen molar-refractivity contribution in [2.24, 2.45) is 0 Å². The van der Waals surface area contributed by atoms with E-state index in [1.165, 1.54) is 18.5 Å². The van der Waals surface area contributed by atoms with E-state index in [1.807, 2.05) is 11.9 Å².